The summed E-state index contributed by atoms with van der Waals surface area (Å²) >= 11 is 5.38. The van der Waals surface area contributed by atoms with Crippen molar-refractivity contribution in [2.24, 2.45) is 0 Å². The molecule has 3 N–H and O–H groups in total. The summed E-state index contributed by atoms with van der Waals surface area (Å²) in [6.45, 7) is 0.593. The van der Waals surface area contributed by atoms with Crippen LogP contribution in [0.1, 0.15) is 22.1 Å². The second-order valence-electron chi connectivity index (χ2n) is 9.51. The minimum Gasteiger partial charge on any atom is -1.00 e. The van der Waals surface area contributed by atoms with Gasteiger partial charge in [-0.15, -0.1) is 0 Å². The number of carbonyl (C=O) groups excluding carboxylic acids is 2. The van der Waals surface area contributed by atoms with Crippen LogP contribution in [-0.4, -0.2) is 53.3 Å². The molecule has 1 aliphatic heterocycles. The zero-order valence-corrected chi connectivity index (χ0v) is 41.7. The van der Waals surface area contributed by atoms with E-state index in [0.29, 0.717) is 23.7 Å². The number of aromatic nitrogens is 5. The Kier molecular flexibility index (Phi) is 27.2. The molecule has 0 bridgehead atoms. The van der Waals surface area contributed by atoms with Crippen molar-refractivity contribution in [2.45, 2.75) is 19.3 Å². The minimum absolute atomic E-state index is 0. The van der Waals surface area contributed by atoms with E-state index in [1.807, 2.05) is 0 Å². The number of pyridine rings is 5. The van der Waals surface area contributed by atoms with Crippen molar-refractivity contribution < 1.29 is 170 Å². The van der Waals surface area contributed by atoms with Crippen LogP contribution in [0.4, 0.5) is 22.9 Å². The molecule has 5 aromatic rings. The number of piperidine rings is 1. The van der Waals surface area contributed by atoms with E-state index in [4.69, 9.17) is 27.4 Å². The van der Waals surface area contributed by atoms with Gasteiger partial charge in [0, 0.05) is 51.1 Å². The Hall–Kier alpha value is -2.76. The number of nitrogens with two attached hydrogens (primary N) is 1. The average Bonchev–Trinajstić information content (AvgIpc) is 3.14. The van der Waals surface area contributed by atoms with Crippen molar-refractivity contribution in [1.82, 2.24) is 24.5 Å². The van der Waals surface area contributed by atoms with Crippen LogP contribution in [0.25, 0.3) is 5.82 Å². The molecule has 1 fully saturated rings. The molecule has 1 saturated heterocycles. The van der Waals surface area contributed by atoms with Gasteiger partial charge in [-0.2, -0.15) is 0 Å². The molecule has 270 valence electrons. The van der Waals surface area contributed by atoms with Crippen molar-refractivity contribution in [1.29, 1.82) is 0 Å². The minimum atomic E-state index is -0.537. The maximum atomic E-state index is 11.5. The summed E-state index contributed by atoms with van der Waals surface area (Å²) in [7, 11) is 0. The summed E-state index contributed by atoms with van der Waals surface area (Å²) in [6.07, 6.45) is 9.64. The Bertz CT molecular complexity index is 1960. The van der Waals surface area contributed by atoms with Crippen LogP contribution in [0.3, 0.4) is 0 Å². The third kappa shape index (κ3) is 19.9. The molecule has 5 aromatic heterocycles. The number of halogens is 1. The molecular formula is C31H32ClCs2N9O10. The predicted octanol–water partition coefficient (Wildman–Crippen LogP) is -2.86. The molecule has 19 nitrogen and oxygen atoms in total. The predicted molar refractivity (Wildman–Crippen MR) is 185 cm³/mol. The van der Waals surface area contributed by atoms with E-state index < -0.39 is 9.85 Å². The molecule has 22 heteroatoms. The van der Waals surface area contributed by atoms with E-state index in [1.165, 1.54) is 41.0 Å². The quantitative estimate of drug-likeness (QED) is 0.0590. The smallest absolute Gasteiger partial charge is 1.00 e. The first-order valence-electron chi connectivity index (χ1n) is 14.4. The van der Waals surface area contributed by atoms with Gasteiger partial charge in [-0.3, -0.25) is 48.9 Å². The second-order valence-corrected chi connectivity index (χ2v) is 9.90. The molecule has 0 unspecified atom stereocenters. The Morgan fingerprint density at radius 3 is 1.89 bits per heavy atom. The third-order valence-corrected chi connectivity index (χ3v) is 6.25. The normalized spacial score (nSPS) is 10.8. The van der Waals surface area contributed by atoms with E-state index in [2.05, 4.69) is 24.8 Å². The number of rotatable bonds is 5. The van der Waals surface area contributed by atoms with Crippen LogP contribution in [0.5, 0.6) is 0 Å². The van der Waals surface area contributed by atoms with Gasteiger partial charge in [-0.05, 0) is 49.2 Å². The summed E-state index contributed by atoms with van der Waals surface area (Å²) in [5, 5.41) is 29.1. The fourth-order valence-corrected chi connectivity index (χ4v) is 3.82. The molecule has 6 heterocycles. The zero-order chi connectivity index (χ0) is 37.6. The van der Waals surface area contributed by atoms with E-state index in [9.17, 15) is 34.6 Å². The van der Waals surface area contributed by atoms with E-state index >= 15 is 0 Å². The second kappa shape index (κ2) is 28.7. The summed E-state index contributed by atoms with van der Waals surface area (Å²) in [4.78, 5) is 79.5. The number of aromatic amines is 1. The molecule has 0 saturated carbocycles. The first-order chi connectivity index (χ1) is 24.5. The first-order valence-corrected chi connectivity index (χ1v) is 14.8. The number of nitrogens with one attached hydrogen (secondary N) is 1. The Morgan fingerprint density at radius 1 is 0.849 bits per heavy atom. The van der Waals surface area contributed by atoms with Crippen molar-refractivity contribution in [2.75, 3.05) is 17.2 Å². The summed E-state index contributed by atoms with van der Waals surface area (Å²) in [6, 6.07) is 18.6. The van der Waals surface area contributed by atoms with Gasteiger partial charge < -0.3 is 22.3 Å². The number of H-pyrrole nitrogens is 1. The van der Waals surface area contributed by atoms with Crippen LogP contribution in [0.2, 0.25) is 5.15 Å². The van der Waals surface area contributed by atoms with Crippen LogP contribution in [0.15, 0.2) is 113 Å². The van der Waals surface area contributed by atoms with Gasteiger partial charge >= 0.3 is 138 Å². The fraction of sp³-hybridized carbons (Fsp3) is 0.129. The molecule has 1 aliphatic rings. The topological polar surface area (TPSA) is 275 Å². The maximum absolute atomic E-state index is 11.5. The number of nitrogens with zero attached hydrogens (tertiary/aromatic N) is 7. The zero-order valence-electron chi connectivity index (χ0n) is 29.4. The number of nitro groups is 2. The first kappa shape index (κ1) is 50.2. The van der Waals surface area contributed by atoms with Gasteiger partial charge in [-0.1, -0.05) is 23.7 Å². The summed E-state index contributed by atoms with van der Waals surface area (Å²) in [5.74, 6) is 1.23. The number of hydrogen-bond donors (Lipinski definition) is 2. The number of anilines is 2. The largest absolute Gasteiger partial charge is 1.00 e. The van der Waals surface area contributed by atoms with Crippen molar-refractivity contribution in [3.63, 3.8) is 0 Å². The van der Waals surface area contributed by atoms with Crippen LogP contribution < -0.4 is 165 Å². The molecule has 53 heavy (non-hydrogen) atoms. The van der Waals surface area contributed by atoms with Gasteiger partial charge in [0.25, 0.3) is 23.4 Å². The van der Waals surface area contributed by atoms with Gasteiger partial charge in [0.1, 0.15) is 29.2 Å². The van der Waals surface area contributed by atoms with E-state index in [1.54, 1.807) is 59.9 Å². The van der Waals surface area contributed by atoms with Gasteiger partial charge in [-0.25, -0.2) is 15.0 Å². The number of amides is 1. The number of nitrogen functional groups attached to an aromatic ring is 1. The average molecular weight is 992 g/mol. The molecule has 0 aliphatic carbocycles. The molecule has 0 atom stereocenters. The maximum Gasteiger partial charge on any atom is 1.00 e. The molecule has 1 amide bonds. The van der Waals surface area contributed by atoms with Gasteiger partial charge in [0.15, 0.2) is 0 Å². The van der Waals surface area contributed by atoms with Crippen LogP contribution >= 0.6 is 11.6 Å². The van der Waals surface area contributed by atoms with Gasteiger partial charge in [0.2, 0.25) is 11.5 Å². The SMILES string of the molecule is Nc1ccc(N2CCCCC2=O)nc1.O=CO[O-].O=[N+]([O-])c1ccc(Cl)nc1.O=c1cccc[nH]1.O=c1ccccn1-c1ccc([N+](=O)[O-])cn1.[Cs+].[Cs+].[H-].[HH]. The summed E-state index contributed by atoms with van der Waals surface area (Å²) in [5.41, 5.74) is 5.71. The number of carbonyl (C=O) groups is 2. The van der Waals surface area contributed by atoms with Gasteiger partial charge in [0.05, 0.1) is 21.7 Å². The van der Waals surface area contributed by atoms with E-state index in [0.717, 1.165) is 31.8 Å². The van der Waals surface area contributed by atoms with Crippen molar-refractivity contribution in [3.05, 3.63) is 150 Å². The Labute approximate surface area is 426 Å². The molecule has 6 rings (SSSR count). The Balaban J connectivity index is -0.000000639. The monoisotopic (exact) mass is 991 g/mol. The van der Waals surface area contributed by atoms with Crippen molar-refractivity contribution >= 4 is 46.9 Å². The fourth-order valence-electron chi connectivity index (χ4n) is 3.70. The van der Waals surface area contributed by atoms with E-state index in [-0.39, 0.29) is 181 Å². The molecule has 0 radical (unpaired) electrons. The van der Waals surface area contributed by atoms with Crippen LogP contribution in [0, 0.1) is 20.2 Å². The third-order valence-electron chi connectivity index (χ3n) is 6.03. The van der Waals surface area contributed by atoms with Crippen molar-refractivity contribution in [3.8, 4) is 5.82 Å². The molecular weight excluding hydrogens is 960 g/mol. The van der Waals surface area contributed by atoms with Crippen LogP contribution in [-0.2, 0) is 14.5 Å². The number of hydrogen-bond acceptors (Lipinski definition) is 14. The molecule has 0 spiro atoms. The standard InChI is InChI=1S/C10H7N3O3.C10H13N3O.C5H3ClN2O2.C5H5NO.CH2O3.2Cs.H2.H/c14-10-3-1-2-6-12(10)9-5-4-8(7-11-9)13(15)16;11-8-4-5-9(12-7-8)13-6-2-1-3-10(13)14;6-5-2-1-4(3-7-5)8(9)10;7-5-3-1-2-4-6-5;2-1-4-3;;;;/h1-7H;4-5,7H,1-3,6,11H2;1-3H;1-4H,(H,6,7);1,3H;;;1H;/q;;;;;2*+1;;-1/p-1. The Morgan fingerprint density at radius 2 is 1.45 bits per heavy atom. The molecule has 0 aromatic carbocycles. The summed E-state index contributed by atoms with van der Waals surface area (Å²) < 4.78 is 1.31.